The van der Waals surface area contributed by atoms with Gasteiger partial charge >= 0.3 is 6.18 Å². The van der Waals surface area contributed by atoms with E-state index in [0.29, 0.717) is 0 Å². The van der Waals surface area contributed by atoms with Crippen LogP contribution in [0.25, 0.3) is 0 Å². The van der Waals surface area contributed by atoms with E-state index in [9.17, 15) is 18.3 Å². The van der Waals surface area contributed by atoms with Crippen LogP contribution >= 0.6 is 0 Å². The lowest BCUT2D eigenvalue weighted by Gasteiger charge is -2.18. The molecule has 0 aliphatic carbocycles. The SMILES string of the molecule is CCCCCOc1ccc(CC(C)NCC(O)c2cccc(C(F)(F)F)c2)cc1. The highest BCUT2D eigenvalue weighted by molar-refractivity contribution is 5.28. The maximum atomic E-state index is 12.8. The van der Waals surface area contributed by atoms with Crippen molar-refractivity contribution < 1.29 is 23.0 Å². The fourth-order valence-corrected chi connectivity index (χ4v) is 3.04. The van der Waals surface area contributed by atoms with Gasteiger partial charge in [-0.15, -0.1) is 0 Å². The van der Waals surface area contributed by atoms with Crippen LogP contribution in [0.5, 0.6) is 5.75 Å². The molecule has 0 spiro atoms. The molecule has 0 fully saturated rings. The number of hydrogen-bond acceptors (Lipinski definition) is 3. The highest BCUT2D eigenvalue weighted by Gasteiger charge is 2.30. The van der Waals surface area contributed by atoms with Gasteiger partial charge in [0.1, 0.15) is 5.75 Å². The van der Waals surface area contributed by atoms with Crippen LogP contribution < -0.4 is 10.1 Å². The summed E-state index contributed by atoms with van der Waals surface area (Å²) in [6.07, 6.45) is -1.30. The first-order chi connectivity index (χ1) is 13.8. The summed E-state index contributed by atoms with van der Waals surface area (Å²) in [4.78, 5) is 0. The summed E-state index contributed by atoms with van der Waals surface area (Å²) >= 11 is 0. The van der Waals surface area contributed by atoms with E-state index in [-0.39, 0.29) is 18.2 Å². The summed E-state index contributed by atoms with van der Waals surface area (Å²) in [5.41, 5.74) is 0.627. The fourth-order valence-electron chi connectivity index (χ4n) is 3.04. The molecule has 2 N–H and O–H groups in total. The van der Waals surface area contributed by atoms with Crippen LogP contribution in [0.3, 0.4) is 0 Å². The Labute approximate surface area is 170 Å². The first-order valence-corrected chi connectivity index (χ1v) is 10.1. The molecule has 3 nitrogen and oxygen atoms in total. The molecule has 2 aromatic rings. The zero-order valence-corrected chi connectivity index (χ0v) is 17.0. The first kappa shape index (κ1) is 23.2. The Balaban J connectivity index is 1.80. The van der Waals surface area contributed by atoms with E-state index in [4.69, 9.17) is 4.74 Å². The van der Waals surface area contributed by atoms with E-state index in [1.165, 1.54) is 12.1 Å². The number of unbranched alkanes of at least 4 members (excludes halogenated alkanes) is 2. The van der Waals surface area contributed by atoms with Gasteiger partial charge in [0.15, 0.2) is 0 Å². The van der Waals surface area contributed by atoms with Crippen LogP contribution in [0, 0.1) is 0 Å². The summed E-state index contributed by atoms with van der Waals surface area (Å²) < 4.78 is 44.1. The average Bonchev–Trinajstić information content (AvgIpc) is 2.70. The summed E-state index contributed by atoms with van der Waals surface area (Å²) in [5.74, 6) is 0.852. The Kier molecular flexibility index (Phi) is 8.99. The summed E-state index contributed by atoms with van der Waals surface area (Å²) in [6.45, 7) is 5.04. The molecular formula is C23H30F3NO2. The van der Waals surface area contributed by atoms with Gasteiger partial charge in [-0.1, -0.05) is 44.0 Å². The Morgan fingerprint density at radius 1 is 1.07 bits per heavy atom. The molecule has 0 saturated carbocycles. The largest absolute Gasteiger partial charge is 0.494 e. The van der Waals surface area contributed by atoms with Crippen molar-refractivity contribution in [1.82, 2.24) is 5.32 Å². The molecule has 2 atom stereocenters. The molecular weight excluding hydrogens is 379 g/mol. The van der Waals surface area contributed by atoms with Gasteiger partial charge in [0, 0.05) is 12.6 Å². The van der Waals surface area contributed by atoms with E-state index < -0.39 is 17.8 Å². The van der Waals surface area contributed by atoms with Crippen LogP contribution in [-0.2, 0) is 12.6 Å². The number of rotatable bonds is 11. The second-order valence-electron chi connectivity index (χ2n) is 7.35. The number of alkyl halides is 3. The van der Waals surface area contributed by atoms with Gasteiger partial charge in [-0.3, -0.25) is 0 Å². The van der Waals surface area contributed by atoms with Crippen LogP contribution in [0.15, 0.2) is 48.5 Å². The molecule has 2 rings (SSSR count). The number of aliphatic hydroxyl groups excluding tert-OH is 1. The number of hydrogen-bond donors (Lipinski definition) is 2. The molecule has 2 unspecified atom stereocenters. The van der Waals surface area contributed by atoms with Crippen molar-refractivity contribution in [3.8, 4) is 5.75 Å². The van der Waals surface area contributed by atoms with E-state index in [2.05, 4.69) is 12.2 Å². The summed E-state index contributed by atoms with van der Waals surface area (Å²) in [6, 6.07) is 12.8. The van der Waals surface area contributed by atoms with Crippen LogP contribution in [-0.4, -0.2) is 24.3 Å². The Hall–Kier alpha value is -2.05. The molecule has 0 bridgehead atoms. The van der Waals surface area contributed by atoms with Gasteiger partial charge in [0.2, 0.25) is 0 Å². The quantitative estimate of drug-likeness (QED) is 0.480. The smallest absolute Gasteiger partial charge is 0.416 e. The lowest BCUT2D eigenvalue weighted by Crippen LogP contribution is -2.32. The number of halogens is 3. The van der Waals surface area contributed by atoms with E-state index in [1.54, 1.807) is 0 Å². The van der Waals surface area contributed by atoms with E-state index >= 15 is 0 Å². The van der Waals surface area contributed by atoms with Gasteiger partial charge < -0.3 is 15.2 Å². The van der Waals surface area contributed by atoms with Crippen molar-refractivity contribution >= 4 is 0 Å². The van der Waals surface area contributed by atoms with Crippen molar-refractivity contribution in [2.75, 3.05) is 13.2 Å². The zero-order chi connectivity index (χ0) is 21.3. The van der Waals surface area contributed by atoms with Gasteiger partial charge in [-0.2, -0.15) is 13.2 Å². The molecule has 0 aromatic heterocycles. The van der Waals surface area contributed by atoms with Crippen molar-refractivity contribution in [1.29, 1.82) is 0 Å². The second-order valence-corrected chi connectivity index (χ2v) is 7.35. The molecule has 2 aromatic carbocycles. The number of aliphatic hydroxyl groups is 1. The first-order valence-electron chi connectivity index (χ1n) is 10.1. The second kappa shape index (κ2) is 11.2. The number of ether oxygens (including phenoxy) is 1. The molecule has 0 amide bonds. The van der Waals surface area contributed by atoms with Crippen LogP contribution in [0.4, 0.5) is 13.2 Å². The maximum absolute atomic E-state index is 12.8. The summed E-state index contributed by atoms with van der Waals surface area (Å²) in [7, 11) is 0. The van der Waals surface area contributed by atoms with Gasteiger partial charge in [0.05, 0.1) is 18.3 Å². The third-order valence-electron chi connectivity index (χ3n) is 4.74. The predicted molar refractivity (Wildman–Crippen MR) is 109 cm³/mol. The minimum Gasteiger partial charge on any atom is -0.494 e. The van der Waals surface area contributed by atoms with Crippen LogP contribution in [0.1, 0.15) is 55.9 Å². The van der Waals surface area contributed by atoms with E-state index in [0.717, 1.165) is 55.7 Å². The minimum atomic E-state index is -4.41. The van der Waals surface area contributed by atoms with Crippen molar-refractivity contribution in [2.45, 2.75) is 57.9 Å². The van der Waals surface area contributed by atoms with Crippen molar-refractivity contribution in [3.63, 3.8) is 0 Å². The lowest BCUT2D eigenvalue weighted by atomic mass is 10.0. The van der Waals surface area contributed by atoms with Crippen molar-refractivity contribution in [2.24, 2.45) is 0 Å². The zero-order valence-electron chi connectivity index (χ0n) is 17.0. The highest BCUT2D eigenvalue weighted by atomic mass is 19.4. The standard InChI is InChI=1S/C23H30F3NO2/c1-3-4-5-13-29-21-11-9-18(10-12-21)14-17(2)27-16-22(28)19-7-6-8-20(15-19)23(24,25)26/h6-12,15,17,22,27-28H,3-5,13-14,16H2,1-2H3. The predicted octanol–water partition coefficient (Wildman–Crippen LogP) is 5.53. The molecule has 0 heterocycles. The van der Waals surface area contributed by atoms with Gasteiger partial charge in [0.25, 0.3) is 0 Å². The third kappa shape index (κ3) is 8.07. The van der Waals surface area contributed by atoms with Gasteiger partial charge in [-0.25, -0.2) is 0 Å². The maximum Gasteiger partial charge on any atom is 0.416 e. The fraction of sp³-hybridized carbons (Fsp3) is 0.478. The highest BCUT2D eigenvalue weighted by Crippen LogP contribution is 2.30. The average molecular weight is 409 g/mol. The molecule has 0 radical (unpaired) electrons. The van der Waals surface area contributed by atoms with Gasteiger partial charge in [-0.05, 0) is 55.2 Å². The molecule has 160 valence electrons. The summed E-state index contributed by atoms with van der Waals surface area (Å²) in [5, 5.41) is 13.4. The van der Waals surface area contributed by atoms with Crippen molar-refractivity contribution in [3.05, 3.63) is 65.2 Å². The number of nitrogens with one attached hydrogen (secondary N) is 1. The third-order valence-corrected chi connectivity index (χ3v) is 4.74. The van der Waals surface area contributed by atoms with Crippen LogP contribution in [0.2, 0.25) is 0 Å². The molecule has 29 heavy (non-hydrogen) atoms. The Bertz CT molecular complexity index is 732. The molecule has 0 aliphatic heterocycles. The Morgan fingerprint density at radius 3 is 2.45 bits per heavy atom. The normalized spacial score (nSPS) is 13.9. The Morgan fingerprint density at radius 2 is 1.79 bits per heavy atom. The molecule has 0 saturated heterocycles. The number of benzene rings is 2. The topological polar surface area (TPSA) is 41.5 Å². The molecule has 0 aliphatic rings. The van der Waals surface area contributed by atoms with E-state index in [1.807, 2.05) is 31.2 Å². The minimum absolute atomic E-state index is 0.0618. The monoisotopic (exact) mass is 409 g/mol. The lowest BCUT2D eigenvalue weighted by molar-refractivity contribution is -0.137. The molecule has 6 heteroatoms.